The van der Waals surface area contributed by atoms with E-state index in [0.29, 0.717) is 0 Å². The summed E-state index contributed by atoms with van der Waals surface area (Å²) in [5.41, 5.74) is 0. The van der Waals surface area contributed by atoms with Crippen LogP contribution in [0.15, 0.2) is 6.20 Å². The lowest BCUT2D eigenvalue weighted by Crippen LogP contribution is -2.29. The molecule has 0 saturated carbocycles. The first-order valence-corrected chi connectivity index (χ1v) is 5.86. The largest absolute Gasteiger partial charge is 0.394 e. The molecular formula is C9H10F2N2O3S2. The minimum Gasteiger partial charge on any atom is -0.394 e. The van der Waals surface area contributed by atoms with E-state index in [9.17, 15) is 13.9 Å². The number of halogens is 2. The van der Waals surface area contributed by atoms with Crippen molar-refractivity contribution in [3.05, 3.63) is 21.4 Å². The molecule has 0 radical (unpaired) electrons. The number of H-pyrrole nitrogens is 1. The van der Waals surface area contributed by atoms with E-state index in [-0.39, 0.29) is 9.41 Å². The van der Waals surface area contributed by atoms with Gasteiger partial charge < -0.3 is 19.9 Å². The van der Waals surface area contributed by atoms with Crippen molar-refractivity contribution < 1.29 is 23.7 Å². The third-order valence-corrected chi connectivity index (χ3v) is 3.28. The summed E-state index contributed by atoms with van der Waals surface area (Å²) >= 11 is 9.55. The summed E-state index contributed by atoms with van der Waals surface area (Å²) in [7, 11) is 0. The highest BCUT2D eigenvalue weighted by molar-refractivity contribution is 7.72. The molecule has 0 amide bonds. The summed E-state index contributed by atoms with van der Waals surface area (Å²) in [5.74, 6) is -0.766. The van der Waals surface area contributed by atoms with Crippen LogP contribution < -0.4 is 0 Å². The van der Waals surface area contributed by atoms with Gasteiger partial charge in [-0.15, -0.1) is 0 Å². The van der Waals surface area contributed by atoms with Crippen LogP contribution in [0.4, 0.5) is 8.78 Å². The van der Waals surface area contributed by atoms with Crippen LogP contribution >= 0.6 is 24.4 Å². The Labute approximate surface area is 111 Å². The van der Waals surface area contributed by atoms with Gasteiger partial charge in [0.2, 0.25) is 0 Å². The molecule has 1 aromatic heterocycles. The Morgan fingerprint density at radius 2 is 2.17 bits per heavy atom. The number of aliphatic hydroxyl groups is 2. The zero-order valence-electron chi connectivity index (χ0n) is 8.92. The van der Waals surface area contributed by atoms with E-state index in [1.807, 2.05) is 0 Å². The summed E-state index contributed by atoms with van der Waals surface area (Å²) in [6.07, 6.45) is -4.75. The Balaban J connectivity index is 2.42. The molecule has 4 atom stereocenters. The highest BCUT2D eigenvalue weighted by atomic mass is 32.1. The first-order chi connectivity index (χ1) is 8.45. The summed E-state index contributed by atoms with van der Waals surface area (Å²) in [6.45, 7) is -0.590. The molecule has 0 bridgehead atoms. The van der Waals surface area contributed by atoms with Gasteiger partial charge in [-0.3, -0.25) is 4.57 Å². The van der Waals surface area contributed by atoms with Gasteiger partial charge >= 0.3 is 0 Å². The lowest BCUT2D eigenvalue weighted by Gasteiger charge is -2.18. The third-order valence-electron chi connectivity index (χ3n) is 2.67. The molecular weight excluding hydrogens is 286 g/mol. The van der Waals surface area contributed by atoms with E-state index in [1.165, 1.54) is 0 Å². The van der Waals surface area contributed by atoms with E-state index in [0.717, 1.165) is 10.8 Å². The normalized spacial score (nSPS) is 31.8. The van der Waals surface area contributed by atoms with E-state index in [1.54, 1.807) is 0 Å². The molecule has 9 heteroatoms. The molecule has 0 aromatic carbocycles. The average molecular weight is 296 g/mol. The van der Waals surface area contributed by atoms with Crippen LogP contribution in [0.25, 0.3) is 0 Å². The third kappa shape index (κ3) is 2.24. The summed E-state index contributed by atoms with van der Waals surface area (Å²) < 4.78 is 32.8. The van der Waals surface area contributed by atoms with E-state index >= 15 is 0 Å². The molecule has 1 fully saturated rings. The lowest BCUT2D eigenvalue weighted by molar-refractivity contribution is -0.0532. The molecule has 2 rings (SSSR count). The molecule has 0 spiro atoms. The zero-order valence-corrected chi connectivity index (χ0v) is 10.5. The van der Waals surface area contributed by atoms with E-state index in [2.05, 4.69) is 17.2 Å². The smallest absolute Gasteiger partial charge is 0.180 e. The van der Waals surface area contributed by atoms with Gasteiger partial charge in [0.1, 0.15) is 16.8 Å². The van der Waals surface area contributed by atoms with Crippen molar-refractivity contribution in [3.63, 3.8) is 0 Å². The van der Waals surface area contributed by atoms with Gasteiger partial charge in [0.05, 0.1) is 6.61 Å². The number of aromatic amines is 1. The quantitative estimate of drug-likeness (QED) is 0.710. The van der Waals surface area contributed by atoms with Crippen LogP contribution in [-0.4, -0.2) is 44.8 Å². The van der Waals surface area contributed by atoms with Crippen molar-refractivity contribution in [2.24, 2.45) is 0 Å². The van der Waals surface area contributed by atoms with Crippen molar-refractivity contribution in [3.8, 4) is 0 Å². The second kappa shape index (κ2) is 5.10. The Kier molecular flexibility index (Phi) is 3.87. The zero-order chi connectivity index (χ0) is 13.4. The van der Waals surface area contributed by atoms with Gasteiger partial charge in [0.25, 0.3) is 0 Å². The van der Waals surface area contributed by atoms with E-state index in [4.69, 9.17) is 22.1 Å². The van der Waals surface area contributed by atoms with Gasteiger partial charge in [0, 0.05) is 6.20 Å². The summed E-state index contributed by atoms with van der Waals surface area (Å²) in [4.78, 5) is 2.39. The number of nitrogens with one attached hydrogen (secondary N) is 1. The van der Waals surface area contributed by atoms with Crippen molar-refractivity contribution in [2.75, 3.05) is 6.61 Å². The maximum Gasteiger partial charge on any atom is 0.180 e. The molecule has 18 heavy (non-hydrogen) atoms. The van der Waals surface area contributed by atoms with Crippen molar-refractivity contribution in [1.29, 1.82) is 0 Å². The van der Waals surface area contributed by atoms with Gasteiger partial charge in [-0.25, -0.2) is 8.78 Å². The van der Waals surface area contributed by atoms with Crippen LogP contribution in [0.1, 0.15) is 6.23 Å². The molecule has 0 unspecified atom stereocenters. The van der Waals surface area contributed by atoms with Gasteiger partial charge in [0.15, 0.2) is 23.0 Å². The minimum absolute atomic E-state index is 0.00348. The number of aliphatic hydroxyl groups excluding tert-OH is 2. The highest BCUT2D eigenvalue weighted by Gasteiger charge is 2.44. The minimum atomic E-state index is -1.77. The predicted molar refractivity (Wildman–Crippen MR) is 62.3 cm³/mol. The van der Waals surface area contributed by atoms with Crippen molar-refractivity contribution >= 4 is 24.4 Å². The monoisotopic (exact) mass is 296 g/mol. The number of hydrogen-bond donors (Lipinski definition) is 3. The molecule has 1 aliphatic rings. The van der Waals surface area contributed by atoms with Crippen LogP contribution in [0.2, 0.25) is 0 Å². The van der Waals surface area contributed by atoms with Crippen LogP contribution in [0, 0.1) is 15.2 Å². The van der Waals surface area contributed by atoms with Crippen LogP contribution in [0.5, 0.6) is 0 Å². The molecule has 3 N–H and O–H groups in total. The van der Waals surface area contributed by atoms with Crippen molar-refractivity contribution in [2.45, 2.75) is 24.6 Å². The SMILES string of the molecule is OC[C@H]1O[C@@H](n2cc(F)c(=S)[nH]c2=S)[C@@H](O)[C@H]1F. The maximum absolute atomic E-state index is 13.5. The number of alkyl halides is 1. The Bertz CT molecular complexity index is 561. The van der Waals surface area contributed by atoms with Gasteiger partial charge in [-0.1, -0.05) is 12.2 Å². The van der Waals surface area contributed by atoms with E-state index < -0.39 is 37.0 Å². The number of aromatic nitrogens is 2. The predicted octanol–water partition coefficient (Wildman–Crippen LogP) is 1.00. The molecule has 5 nitrogen and oxygen atoms in total. The fourth-order valence-electron chi connectivity index (χ4n) is 1.74. The molecule has 1 aliphatic heterocycles. The molecule has 2 heterocycles. The second-order valence-corrected chi connectivity index (χ2v) is 4.62. The lowest BCUT2D eigenvalue weighted by atomic mass is 10.1. The number of hydrogen-bond acceptors (Lipinski definition) is 5. The number of ether oxygens (including phenoxy) is 1. The Morgan fingerprint density at radius 1 is 1.50 bits per heavy atom. The van der Waals surface area contributed by atoms with Gasteiger partial charge in [-0.05, 0) is 12.2 Å². The summed E-state index contributed by atoms with van der Waals surface area (Å²) in [6, 6.07) is 0. The van der Waals surface area contributed by atoms with Crippen LogP contribution in [0.3, 0.4) is 0 Å². The second-order valence-electron chi connectivity index (χ2n) is 3.83. The molecule has 1 aromatic rings. The number of nitrogens with zero attached hydrogens (tertiary/aromatic N) is 1. The standard InChI is InChI=1S/C9H10F2N2O3S2/c10-3-1-13(9(18)12-7(3)17)8-6(15)5(11)4(2-14)16-8/h1,4-6,8,14-15H,2H2,(H,12,17,18)/t4-,5+,6+,8-/m1/s1. The topological polar surface area (TPSA) is 70.4 Å². The fourth-order valence-corrected chi connectivity index (χ4v) is 2.21. The average Bonchev–Trinajstić information content (AvgIpc) is 2.61. The summed E-state index contributed by atoms with van der Waals surface area (Å²) in [5, 5.41) is 18.5. The van der Waals surface area contributed by atoms with Crippen LogP contribution in [-0.2, 0) is 4.74 Å². The molecule has 0 aliphatic carbocycles. The first kappa shape index (κ1) is 13.7. The Morgan fingerprint density at radius 3 is 2.72 bits per heavy atom. The van der Waals surface area contributed by atoms with Crippen molar-refractivity contribution in [1.82, 2.24) is 9.55 Å². The Hall–Kier alpha value is -0.740. The highest BCUT2D eigenvalue weighted by Crippen LogP contribution is 2.31. The first-order valence-electron chi connectivity index (χ1n) is 5.05. The molecule has 1 saturated heterocycles. The van der Waals surface area contributed by atoms with Gasteiger partial charge in [-0.2, -0.15) is 0 Å². The maximum atomic E-state index is 13.5. The number of rotatable bonds is 2. The molecule has 100 valence electrons. The fraction of sp³-hybridized carbons (Fsp3) is 0.556.